The van der Waals surface area contributed by atoms with Gasteiger partial charge in [-0.25, -0.2) is 0 Å². The number of benzene rings is 3. The normalized spacial score (nSPS) is 30.8. The molecule has 0 heterocycles. The summed E-state index contributed by atoms with van der Waals surface area (Å²) in [6, 6.07) is 27.8. The maximum atomic E-state index is 5.76. The fourth-order valence-electron chi connectivity index (χ4n) is 11.9. The van der Waals surface area contributed by atoms with Gasteiger partial charge in [-0.3, -0.25) is 0 Å². The molecule has 5 aliphatic carbocycles. The van der Waals surface area contributed by atoms with Gasteiger partial charge in [0, 0.05) is 22.7 Å². The van der Waals surface area contributed by atoms with Gasteiger partial charge in [-0.05, 0) is 101 Å². The largest absolute Gasteiger partial charge is 0.497 e. The van der Waals surface area contributed by atoms with Gasteiger partial charge in [-0.15, -0.1) is 0 Å². The summed E-state index contributed by atoms with van der Waals surface area (Å²) in [5.41, 5.74) is 8.97. The van der Waals surface area contributed by atoms with Crippen LogP contribution in [0.15, 0.2) is 108 Å². The van der Waals surface area contributed by atoms with E-state index in [4.69, 9.17) is 9.47 Å². The fraction of sp³-hybridized carbons (Fsp3) is 0.467. The van der Waals surface area contributed by atoms with Gasteiger partial charge >= 0.3 is 0 Å². The van der Waals surface area contributed by atoms with Crippen LogP contribution in [-0.4, -0.2) is 14.2 Å². The fourth-order valence-corrected chi connectivity index (χ4v) is 11.9. The van der Waals surface area contributed by atoms with Crippen molar-refractivity contribution in [3.05, 3.63) is 131 Å². The molecule has 0 aliphatic heterocycles. The molecule has 2 saturated carbocycles. The molecule has 0 N–H and O–H groups in total. The lowest BCUT2D eigenvalue weighted by Crippen LogP contribution is -2.64. The van der Waals surface area contributed by atoms with E-state index in [0.717, 1.165) is 29.8 Å². The van der Waals surface area contributed by atoms with E-state index in [1.807, 2.05) is 5.57 Å². The number of fused-ring (bicyclic) bond motifs is 7. The standard InChI is InChI=1S/C45H52O2/c1-29-27-39-37-17-11-12-18-38(37)41-36-16-10-7-13-30(36)28-40(41)42(39)44(4,43(29,2)3)45(31-14-8-9-15-31,32-19-23-34(46-5)24-20-32)33-21-25-35(47-6)26-22-33/h7-10,13-16,19-26,29,31,37-39,41H,11-12,17-18,27-28H2,1-6H3. The Labute approximate surface area is 283 Å². The first-order chi connectivity index (χ1) is 22.8. The Morgan fingerprint density at radius 3 is 1.89 bits per heavy atom. The van der Waals surface area contributed by atoms with E-state index in [1.54, 1.807) is 30.9 Å². The van der Waals surface area contributed by atoms with Crippen LogP contribution in [0.1, 0.15) is 88.0 Å². The third kappa shape index (κ3) is 4.15. The second kappa shape index (κ2) is 11.3. The van der Waals surface area contributed by atoms with Crippen LogP contribution >= 0.6 is 0 Å². The van der Waals surface area contributed by atoms with Crippen LogP contribution in [0.5, 0.6) is 11.5 Å². The van der Waals surface area contributed by atoms with Crippen LogP contribution in [-0.2, 0) is 11.8 Å². The van der Waals surface area contributed by atoms with Crippen molar-refractivity contribution in [3.8, 4) is 11.5 Å². The summed E-state index contributed by atoms with van der Waals surface area (Å²) in [5, 5.41) is 0. The summed E-state index contributed by atoms with van der Waals surface area (Å²) in [6.07, 6.45) is 17.5. The summed E-state index contributed by atoms with van der Waals surface area (Å²) in [7, 11) is 3.55. The molecule has 47 heavy (non-hydrogen) atoms. The summed E-state index contributed by atoms with van der Waals surface area (Å²) in [6.45, 7) is 10.5. The molecule has 244 valence electrons. The van der Waals surface area contributed by atoms with E-state index in [-0.39, 0.29) is 22.2 Å². The Kier molecular flexibility index (Phi) is 7.39. The van der Waals surface area contributed by atoms with Crippen LogP contribution in [0.4, 0.5) is 0 Å². The van der Waals surface area contributed by atoms with Crippen molar-refractivity contribution in [1.29, 1.82) is 0 Å². The predicted octanol–water partition coefficient (Wildman–Crippen LogP) is 10.9. The molecule has 2 nitrogen and oxygen atoms in total. The molecule has 0 spiro atoms. The maximum absolute atomic E-state index is 5.76. The molecule has 5 aliphatic rings. The molecular weight excluding hydrogens is 572 g/mol. The predicted molar refractivity (Wildman–Crippen MR) is 193 cm³/mol. The van der Waals surface area contributed by atoms with Crippen molar-refractivity contribution in [3.63, 3.8) is 0 Å². The molecule has 8 rings (SSSR count). The Balaban J connectivity index is 1.51. The third-order valence-corrected chi connectivity index (χ3v) is 14.5. The third-order valence-electron chi connectivity index (χ3n) is 14.5. The zero-order valence-corrected chi connectivity index (χ0v) is 29.3. The highest BCUT2D eigenvalue weighted by Crippen LogP contribution is 2.75. The number of rotatable bonds is 6. The van der Waals surface area contributed by atoms with Crippen molar-refractivity contribution in [1.82, 2.24) is 0 Å². The monoisotopic (exact) mass is 624 g/mol. The lowest BCUT2D eigenvalue weighted by atomic mass is 9.34. The highest BCUT2D eigenvalue weighted by Gasteiger charge is 2.68. The molecule has 0 aromatic heterocycles. The molecule has 0 amide bonds. The van der Waals surface area contributed by atoms with Crippen molar-refractivity contribution in [2.45, 2.75) is 77.6 Å². The zero-order chi connectivity index (χ0) is 32.6. The zero-order valence-electron chi connectivity index (χ0n) is 29.3. The SMILES string of the molecule is COc1ccc(C(c2ccc(OC)cc2)(C2C=CC=C2)C2(C)C3=C4Cc5ccccc5C4C4CCCCC4C3CC(C)C2(C)C)cc1. The van der Waals surface area contributed by atoms with E-state index >= 15 is 0 Å². The topological polar surface area (TPSA) is 18.5 Å². The van der Waals surface area contributed by atoms with E-state index in [9.17, 15) is 0 Å². The summed E-state index contributed by atoms with van der Waals surface area (Å²) >= 11 is 0. The van der Waals surface area contributed by atoms with E-state index in [2.05, 4.69) is 125 Å². The van der Waals surface area contributed by atoms with Crippen LogP contribution in [0.2, 0.25) is 0 Å². The molecule has 3 aromatic carbocycles. The molecule has 0 radical (unpaired) electrons. The minimum atomic E-state index is -0.366. The van der Waals surface area contributed by atoms with Crippen LogP contribution < -0.4 is 9.47 Å². The summed E-state index contributed by atoms with van der Waals surface area (Å²) < 4.78 is 11.5. The van der Waals surface area contributed by atoms with Gasteiger partial charge in [0.2, 0.25) is 0 Å². The second-order valence-electron chi connectivity index (χ2n) is 16.1. The Hall–Kier alpha value is -3.52. The molecule has 2 fully saturated rings. The number of hydrogen-bond acceptors (Lipinski definition) is 2. The van der Waals surface area contributed by atoms with Gasteiger partial charge < -0.3 is 9.47 Å². The van der Waals surface area contributed by atoms with Crippen molar-refractivity contribution < 1.29 is 9.47 Å². The van der Waals surface area contributed by atoms with Crippen LogP contribution in [0, 0.1) is 40.4 Å². The van der Waals surface area contributed by atoms with Gasteiger partial charge in [0.1, 0.15) is 11.5 Å². The summed E-state index contributed by atoms with van der Waals surface area (Å²) in [4.78, 5) is 0. The maximum Gasteiger partial charge on any atom is 0.118 e. The molecule has 2 heteroatoms. The number of ether oxygens (including phenoxy) is 2. The highest BCUT2D eigenvalue weighted by atomic mass is 16.5. The van der Waals surface area contributed by atoms with Crippen molar-refractivity contribution >= 4 is 0 Å². The Bertz CT molecular complexity index is 1680. The Morgan fingerprint density at radius 2 is 1.30 bits per heavy atom. The number of hydrogen-bond donors (Lipinski definition) is 0. The Morgan fingerprint density at radius 1 is 0.723 bits per heavy atom. The van der Waals surface area contributed by atoms with Gasteiger partial charge in [-0.1, -0.05) is 125 Å². The van der Waals surface area contributed by atoms with Gasteiger partial charge in [-0.2, -0.15) is 0 Å². The quantitative estimate of drug-likeness (QED) is 0.254. The van der Waals surface area contributed by atoms with Crippen LogP contribution in [0.3, 0.4) is 0 Å². The van der Waals surface area contributed by atoms with Crippen molar-refractivity contribution in [2.24, 2.45) is 40.4 Å². The highest BCUT2D eigenvalue weighted by molar-refractivity contribution is 5.59. The first-order valence-electron chi connectivity index (χ1n) is 18.2. The molecule has 6 unspecified atom stereocenters. The first kappa shape index (κ1) is 30.8. The summed E-state index contributed by atoms with van der Waals surface area (Å²) in [5.74, 6) is 5.24. The second-order valence-corrected chi connectivity index (χ2v) is 16.1. The number of methoxy groups -OCH3 is 2. The van der Waals surface area contributed by atoms with E-state index in [1.165, 1.54) is 43.2 Å². The van der Waals surface area contributed by atoms with E-state index in [0.29, 0.717) is 17.8 Å². The smallest absolute Gasteiger partial charge is 0.118 e. The average molecular weight is 625 g/mol. The lowest BCUT2D eigenvalue weighted by molar-refractivity contribution is -0.0702. The van der Waals surface area contributed by atoms with E-state index < -0.39 is 0 Å². The minimum absolute atomic E-state index is 0.00319. The molecule has 6 atom stereocenters. The van der Waals surface area contributed by atoms with Gasteiger partial charge in [0.15, 0.2) is 0 Å². The van der Waals surface area contributed by atoms with Gasteiger partial charge in [0.05, 0.1) is 14.2 Å². The molecular formula is C45H52O2. The van der Waals surface area contributed by atoms with Crippen LogP contribution in [0.25, 0.3) is 0 Å². The average Bonchev–Trinajstić information content (AvgIpc) is 3.78. The minimum Gasteiger partial charge on any atom is -0.497 e. The molecule has 0 bridgehead atoms. The van der Waals surface area contributed by atoms with Gasteiger partial charge in [0.25, 0.3) is 0 Å². The number of allylic oxidation sites excluding steroid dienone is 6. The first-order valence-corrected chi connectivity index (χ1v) is 18.2. The van der Waals surface area contributed by atoms with Crippen molar-refractivity contribution in [2.75, 3.05) is 14.2 Å². The lowest BCUT2D eigenvalue weighted by Gasteiger charge is -2.69. The molecule has 0 saturated heterocycles. The molecule has 3 aromatic rings.